The van der Waals surface area contributed by atoms with Crippen molar-refractivity contribution in [3.05, 3.63) is 42.5 Å². The van der Waals surface area contributed by atoms with Gasteiger partial charge in [0.15, 0.2) is 0 Å². The average Bonchev–Trinajstić information content (AvgIpc) is 2.97. The molecule has 6 heteroatoms. The highest BCUT2D eigenvalue weighted by molar-refractivity contribution is 6.10. The Balaban J connectivity index is 1.98. The van der Waals surface area contributed by atoms with Gasteiger partial charge in [0.05, 0.1) is 17.4 Å². The van der Waals surface area contributed by atoms with E-state index >= 15 is 0 Å². The van der Waals surface area contributed by atoms with E-state index in [2.05, 4.69) is 25.3 Å². The number of imidazole rings is 2. The standard InChI is InChI=1S/C11H9N5O/c17-10(16-11-12-4-5-13-11)7-2-1-3-8-9(7)15-6-14-8/h1-6H,(H,14,15)(H2,12,13,16,17). The summed E-state index contributed by atoms with van der Waals surface area (Å²) < 4.78 is 0. The molecule has 0 fully saturated rings. The zero-order valence-corrected chi connectivity index (χ0v) is 8.77. The quantitative estimate of drug-likeness (QED) is 0.620. The minimum Gasteiger partial charge on any atom is -0.345 e. The maximum Gasteiger partial charge on any atom is 0.260 e. The van der Waals surface area contributed by atoms with Crippen LogP contribution in [0.2, 0.25) is 0 Å². The van der Waals surface area contributed by atoms with E-state index in [9.17, 15) is 4.79 Å². The van der Waals surface area contributed by atoms with Gasteiger partial charge in [-0.25, -0.2) is 9.97 Å². The Kier molecular flexibility index (Phi) is 2.11. The molecule has 3 aromatic rings. The van der Waals surface area contributed by atoms with E-state index < -0.39 is 0 Å². The molecular weight excluding hydrogens is 218 g/mol. The first-order valence-corrected chi connectivity index (χ1v) is 5.07. The number of hydrogen-bond acceptors (Lipinski definition) is 3. The minimum atomic E-state index is -0.238. The Labute approximate surface area is 96.1 Å². The van der Waals surface area contributed by atoms with Crippen molar-refractivity contribution in [3.8, 4) is 0 Å². The van der Waals surface area contributed by atoms with Gasteiger partial charge < -0.3 is 9.97 Å². The predicted octanol–water partition coefficient (Wildman–Crippen LogP) is 1.54. The molecule has 0 bridgehead atoms. The molecule has 0 saturated heterocycles. The molecule has 2 aromatic heterocycles. The van der Waals surface area contributed by atoms with Gasteiger partial charge in [0.2, 0.25) is 5.95 Å². The van der Waals surface area contributed by atoms with Gasteiger partial charge in [-0.2, -0.15) is 0 Å². The van der Waals surface area contributed by atoms with Crippen molar-refractivity contribution in [3.63, 3.8) is 0 Å². The highest BCUT2D eigenvalue weighted by Gasteiger charge is 2.12. The molecule has 0 aliphatic heterocycles. The number of amides is 1. The third-order valence-electron chi connectivity index (χ3n) is 2.42. The first kappa shape index (κ1) is 9.59. The fraction of sp³-hybridized carbons (Fsp3) is 0. The average molecular weight is 227 g/mol. The topological polar surface area (TPSA) is 86.5 Å². The number of aromatic nitrogens is 4. The maximum absolute atomic E-state index is 12.0. The van der Waals surface area contributed by atoms with Crippen LogP contribution >= 0.6 is 0 Å². The van der Waals surface area contributed by atoms with Crippen molar-refractivity contribution in [1.82, 2.24) is 19.9 Å². The van der Waals surface area contributed by atoms with E-state index in [0.717, 1.165) is 5.52 Å². The van der Waals surface area contributed by atoms with Gasteiger partial charge in [-0.15, -0.1) is 0 Å². The van der Waals surface area contributed by atoms with Gasteiger partial charge in [0.25, 0.3) is 5.91 Å². The van der Waals surface area contributed by atoms with E-state index in [1.165, 1.54) is 0 Å². The van der Waals surface area contributed by atoms with Crippen LogP contribution in [0.5, 0.6) is 0 Å². The third-order valence-corrected chi connectivity index (χ3v) is 2.42. The molecule has 1 amide bonds. The van der Waals surface area contributed by atoms with Crippen molar-refractivity contribution in [2.75, 3.05) is 5.32 Å². The van der Waals surface area contributed by atoms with Crippen LogP contribution < -0.4 is 5.32 Å². The Morgan fingerprint density at radius 1 is 1.24 bits per heavy atom. The number of carbonyl (C=O) groups is 1. The normalized spacial score (nSPS) is 10.6. The molecule has 2 heterocycles. The zero-order chi connectivity index (χ0) is 11.7. The first-order chi connectivity index (χ1) is 8.34. The van der Waals surface area contributed by atoms with Crippen LogP contribution in [-0.4, -0.2) is 25.8 Å². The molecule has 3 N–H and O–H groups in total. The molecule has 0 aliphatic carbocycles. The Bertz CT molecular complexity index is 655. The summed E-state index contributed by atoms with van der Waals surface area (Å²) in [4.78, 5) is 25.8. The second-order valence-corrected chi connectivity index (χ2v) is 3.50. The lowest BCUT2D eigenvalue weighted by molar-refractivity contribution is 0.102. The number of H-pyrrole nitrogens is 2. The van der Waals surface area contributed by atoms with Crippen LogP contribution in [0, 0.1) is 0 Å². The van der Waals surface area contributed by atoms with E-state index in [-0.39, 0.29) is 5.91 Å². The van der Waals surface area contributed by atoms with Crippen molar-refractivity contribution >= 4 is 22.9 Å². The molecule has 84 valence electrons. The van der Waals surface area contributed by atoms with Crippen molar-refractivity contribution in [2.24, 2.45) is 0 Å². The second-order valence-electron chi connectivity index (χ2n) is 3.50. The number of fused-ring (bicyclic) bond motifs is 1. The third kappa shape index (κ3) is 1.65. The monoisotopic (exact) mass is 227 g/mol. The molecule has 0 saturated carbocycles. The Morgan fingerprint density at radius 3 is 3.00 bits per heavy atom. The van der Waals surface area contributed by atoms with Gasteiger partial charge in [0.1, 0.15) is 5.52 Å². The molecule has 0 radical (unpaired) electrons. The summed E-state index contributed by atoms with van der Waals surface area (Å²) in [5.41, 5.74) is 1.99. The lowest BCUT2D eigenvalue weighted by atomic mass is 10.2. The highest BCUT2D eigenvalue weighted by atomic mass is 16.1. The minimum absolute atomic E-state index is 0.238. The van der Waals surface area contributed by atoms with Crippen LogP contribution in [0.4, 0.5) is 5.95 Å². The lowest BCUT2D eigenvalue weighted by Gasteiger charge is -2.02. The molecule has 0 atom stereocenters. The number of nitrogens with one attached hydrogen (secondary N) is 3. The van der Waals surface area contributed by atoms with E-state index in [4.69, 9.17) is 0 Å². The van der Waals surface area contributed by atoms with Crippen molar-refractivity contribution in [2.45, 2.75) is 0 Å². The summed E-state index contributed by atoms with van der Waals surface area (Å²) >= 11 is 0. The first-order valence-electron chi connectivity index (χ1n) is 5.07. The molecule has 1 aromatic carbocycles. The van der Waals surface area contributed by atoms with E-state index in [1.54, 1.807) is 30.9 Å². The summed E-state index contributed by atoms with van der Waals surface area (Å²) in [7, 11) is 0. The molecule has 0 aliphatic rings. The van der Waals surface area contributed by atoms with Gasteiger partial charge in [-0.05, 0) is 12.1 Å². The van der Waals surface area contributed by atoms with Crippen LogP contribution in [0.3, 0.4) is 0 Å². The van der Waals surface area contributed by atoms with Crippen LogP contribution in [0.25, 0.3) is 11.0 Å². The van der Waals surface area contributed by atoms with Crippen LogP contribution in [-0.2, 0) is 0 Å². The Morgan fingerprint density at radius 2 is 2.18 bits per heavy atom. The summed E-state index contributed by atoms with van der Waals surface area (Å²) in [6.45, 7) is 0. The largest absolute Gasteiger partial charge is 0.345 e. The van der Waals surface area contributed by atoms with Gasteiger partial charge >= 0.3 is 0 Å². The molecule has 3 rings (SSSR count). The Hall–Kier alpha value is -2.63. The van der Waals surface area contributed by atoms with Crippen molar-refractivity contribution < 1.29 is 4.79 Å². The fourth-order valence-electron chi connectivity index (χ4n) is 1.66. The summed E-state index contributed by atoms with van der Waals surface area (Å²) in [5.74, 6) is 0.181. The number of carbonyl (C=O) groups excluding carboxylic acids is 1. The highest BCUT2D eigenvalue weighted by Crippen LogP contribution is 2.15. The zero-order valence-electron chi connectivity index (χ0n) is 8.77. The number of benzene rings is 1. The van der Waals surface area contributed by atoms with Crippen LogP contribution in [0.15, 0.2) is 36.9 Å². The molecular formula is C11H9N5O. The smallest absolute Gasteiger partial charge is 0.260 e. The molecule has 0 unspecified atom stereocenters. The van der Waals surface area contributed by atoms with Gasteiger partial charge in [-0.1, -0.05) is 6.07 Å². The summed E-state index contributed by atoms with van der Waals surface area (Å²) in [6, 6.07) is 5.39. The maximum atomic E-state index is 12.0. The molecule has 0 spiro atoms. The predicted molar refractivity (Wildman–Crippen MR) is 62.6 cm³/mol. The van der Waals surface area contributed by atoms with Gasteiger partial charge in [0, 0.05) is 12.4 Å². The number of rotatable bonds is 2. The number of anilines is 1. The molecule has 17 heavy (non-hydrogen) atoms. The SMILES string of the molecule is O=C(Nc1ncc[nH]1)c1cccc2[nH]cnc12. The van der Waals surface area contributed by atoms with Crippen LogP contribution in [0.1, 0.15) is 10.4 Å². The van der Waals surface area contributed by atoms with Crippen molar-refractivity contribution in [1.29, 1.82) is 0 Å². The fourth-order valence-corrected chi connectivity index (χ4v) is 1.66. The van der Waals surface area contributed by atoms with Gasteiger partial charge in [-0.3, -0.25) is 10.1 Å². The number of aromatic amines is 2. The summed E-state index contributed by atoms with van der Waals surface area (Å²) in [5, 5.41) is 2.66. The van der Waals surface area contributed by atoms with E-state index in [0.29, 0.717) is 17.0 Å². The number of hydrogen-bond donors (Lipinski definition) is 3. The number of nitrogens with zero attached hydrogens (tertiary/aromatic N) is 2. The number of para-hydroxylation sites is 1. The lowest BCUT2D eigenvalue weighted by Crippen LogP contribution is -2.13. The van der Waals surface area contributed by atoms with E-state index in [1.807, 2.05) is 6.07 Å². The summed E-state index contributed by atoms with van der Waals surface area (Å²) in [6.07, 6.45) is 4.78. The molecule has 6 nitrogen and oxygen atoms in total. The second kappa shape index (κ2) is 3.75.